The number of rotatable bonds is 7. The normalized spacial score (nSPS) is 14.0. The fourth-order valence-corrected chi connectivity index (χ4v) is 3.40. The summed E-state index contributed by atoms with van der Waals surface area (Å²) in [5.41, 5.74) is 10.4. The molecule has 0 atom stereocenters. The van der Waals surface area contributed by atoms with Gasteiger partial charge in [-0.25, -0.2) is 4.98 Å². The van der Waals surface area contributed by atoms with E-state index in [0.29, 0.717) is 12.5 Å². The molecule has 2 aromatic heterocycles. The highest BCUT2D eigenvalue weighted by Gasteiger charge is 2.22. The summed E-state index contributed by atoms with van der Waals surface area (Å²) in [4.78, 5) is 4.85. The van der Waals surface area contributed by atoms with E-state index in [1.54, 1.807) is 0 Å². The zero-order valence-electron chi connectivity index (χ0n) is 13.7. The van der Waals surface area contributed by atoms with Crippen LogP contribution >= 0.6 is 0 Å². The molecule has 120 valence electrons. The fourth-order valence-electron chi connectivity index (χ4n) is 3.40. The largest absolute Gasteiger partial charge is 0.370 e. The van der Waals surface area contributed by atoms with Crippen LogP contribution < -0.4 is 11.1 Å². The van der Waals surface area contributed by atoms with Gasteiger partial charge in [0.2, 0.25) is 0 Å². The molecular formula is C17H27N5. The third-order valence-corrected chi connectivity index (χ3v) is 4.72. The van der Waals surface area contributed by atoms with Gasteiger partial charge >= 0.3 is 0 Å². The van der Waals surface area contributed by atoms with Gasteiger partial charge in [-0.05, 0) is 45.1 Å². The van der Waals surface area contributed by atoms with Crippen LogP contribution in [0.3, 0.4) is 0 Å². The molecule has 1 aliphatic carbocycles. The van der Waals surface area contributed by atoms with Crippen molar-refractivity contribution < 1.29 is 0 Å². The number of hydrogen-bond acceptors (Lipinski definition) is 4. The van der Waals surface area contributed by atoms with Gasteiger partial charge in [-0.3, -0.25) is 0 Å². The van der Waals surface area contributed by atoms with Crippen LogP contribution in [0.5, 0.6) is 0 Å². The minimum Gasteiger partial charge on any atom is -0.370 e. The molecule has 2 heterocycles. The van der Waals surface area contributed by atoms with Crippen molar-refractivity contribution >= 4 is 11.5 Å². The summed E-state index contributed by atoms with van der Waals surface area (Å²) in [6.07, 6.45) is 6.60. The first-order chi connectivity index (χ1) is 10.8. The van der Waals surface area contributed by atoms with Gasteiger partial charge in [-0.1, -0.05) is 13.8 Å². The average molecular weight is 301 g/mol. The molecule has 0 unspecified atom stereocenters. The Bertz CT molecular complexity index is 642. The molecule has 2 aromatic rings. The van der Waals surface area contributed by atoms with Gasteiger partial charge in [0.15, 0.2) is 5.65 Å². The van der Waals surface area contributed by atoms with Crippen molar-refractivity contribution in [3.63, 3.8) is 0 Å². The van der Waals surface area contributed by atoms with E-state index in [1.165, 1.54) is 23.4 Å². The molecule has 0 aliphatic heterocycles. The lowest BCUT2D eigenvalue weighted by Crippen LogP contribution is -2.14. The molecule has 0 saturated heterocycles. The molecule has 5 heteroatoms. The maximum atomic E-state index is 5.62. The molecule has 0 bridgehead atoms. The van der Waals surface area contributed by atoms with Crippen molar-refractivity contribution in [2.45, 2.75) is 58.3 Å². The zero-order chi connectivity index (χ0) is 15.5. The Labute approximate surface area is 132 Å². The fraction of sp³-hybridized carbons (Fsp3) is 0.647. The van der Waals surface area contributed by atoms with Crippen LogP contribution in [0, 0.1) is 0 Å². The highest BCUT2D eigenvalue weighted by atomic mass is 15.3. The minimum absolute atomic E-state index is 0.522. The number of aryl methyl sites for hydroxylation is 1. The number of hydrogen-bond donors (Lipinski definition) is 2. The number of anilines is 1. The lowest BCUT2D eigenvalue weighted by Gasteiger charge is -2.13. The summed E-state index contributed by atoms with van der Waals surface area (Å²) in [6, 6.07) is 2.17. The van der Waals surface area contributed by atoms with Crippen LogP contribution in [-0.2, 0) is 12.8 Å². The molecular weight excluding hydrogens is 274 g/mol. The van der Waals surface area contributed by atoms with Gasteiger partial charge in [-0.2, -0.15) is 9.61 Å². The topological polar surface area (TPSA) is 68.2 Å². The monoisotopic (exact) mass is 301 g/mol. The molecule has 22 heavy (non-hydrogen) atoms. The van der Waals surface area contributed by atoms with Crippen LogP contribution in [0.2, 0.25) is 0 Å². The molecule has 0 fully saturated rings. The number of fused-ring (bicyclic) bond motifs is 2. The van der Waals surface area contributed by atoms with Gasteiger partial charge in [0.05, 0.1) is 5.69 Å². The van der Waals surface area contributed by atoms with E-state index in [9.17, 15) is 0 Å². The first kappa shape index (κ1) is 15.3. The minimum atomic E-state index is 0.522. The Morgan fingerprint density at radius 2 is 2.14 bits per heavy atom. The van der Waals surface area contributed by atoms with Crippen molar-refractivity contribution in [2.24, 2.45) is 5.73 Å². The standard InChI is InChI=1S/C17H27N5/c1-3-12(4-2)15-11-16-20-14-8-5-7-13(14)17(22(16)21-15)19-10-6-9-18/h11-12,19H,3-10,18H2,1-2H3. The van der Waals surface area contributed by atoms with Gasteiger partial charge < -0.3 is 11.1 Å². The second-order valence-electron chi connectivity index (χ2n) is 6.16. The summed E-state index contributed by atoms with van der Waals surface area (Å²) in [5, 5.41) is 8.43. The van der Waals surface area contributed by atoms with Crippen molar-refractivity contribution in [1.29, 1.82) is 0 Å². The number of nitrogens with one attached hydrogen (secondary N) is 1. The summed E-state index contributed by atoms with van der Waals surface area (Å²) >= 11 is 0. The molecule has 0 saturated carbocycles. The van der Waals surface area contributed by atoms with Gasteiger partial charge in [0.25, 0.3) is 0 Å². The predicted molar refractivity (Wildman–Crippen MR) is 90.5 cm³/mol. The maximum Gasteiger partial charge on any atom is 0.157 e. The van der Waals surface area contributed by atoms with E-state index >= 15 is 0 Å². The van der Waals surface area contributed by atoms with Crippen molar-refractivity contribution in [3.05, 3.63) is 23.0 Å². The van der Waals surface area contributed by atoms with Crippen molar-refractivity contribution in [2.75, 3.05) is 18.4 Å². The van der Waals surface area contributed by atoms with E-state index in [-0.39, 0.29) is 0 Å². The number of aromatic nitrogens is 3. The van der Waals surface area contributed by atoms with Crippen LogP contribution in [0.25, 0.3) is 5.65 Å². The quantitative estimate of drug-likeness (QED) is 0.772. The van der Waals surface area contributed by atoms with Crippen LogP contribution in [0.1, 0.15) is 62.4 Å². The highest BCUT2D eigenvalue weighted by molar-refractivity contribution is 5.57. The second-order valence-corrected chi connectivity index (χ2v) is 6.16. The summed E-state index contributed by atoms with van der Waals surface area (Å²) in [7, 11) is 0. The SMILES string of the molecule is CCC(CC)c1cc2nc3c(c(NCCCN)n2n1)CCC3. The zero-order valence-corrected chi connectivity index (χ0v) is 13.7. The van der Waals surface area contributed by atoms with E-state index in [4.69, 9.17) is 15.8 Å². The smallest absolute Gasteiger partial charge is 0.157 e. The van der Waals surface area contributed by atoms with E-state index in [0.717, 1.165) is 50.1 Å². The number of nitrogens with zero attached hydrogens (tertiary/aromatic N) is 3. The maximum absolute atomic E-state index is 5.62. The van der Waals surface area contributed by atoms with Gasteiger partial charge in [-0.15, -0.1) is 0 Å². The highest BCUT2D eigenvalue weighted by Crippen LogP contribution is 2.30. The third kappa shape index (κ3) is 2.70. The lowest BCUT2D eigenvalue weighted by molar-refractivity contribution is 0.616. The van der Waals surface area contributed by atoms with E-state index < -0.39 is 0 Å². The van der Waals surface area contributed by atoms with E-state index in [1.807, 2.05) is 4.52 Å². The van der Waals surface area contributed by atoms with Crippen LogP contribution in [0.15, 0.2) is 6.07 Å². The van der Waals surface area contributed by atoms with Crippen LogP contribution in [-0.4, -0.2) is 27.7 Å². The lowest BCUT2D eigenvalue weighted by atomic mass is 10.00. The Hall–Kier alpha value is -1.62. The van der Waals surface area contributed by atoms with Crippen LogP contribution in [0.4, 0.5) is 5.82 Å². The summed E-state index contributed by atoms with van der Waals surface area (Å²) < 4.78 is 2.02. The molecule has 5 nitrogen and oxygen atoms in total. The molecule has 3 N–H and O–H groups in total. The number of nitrogens with two attached hydrogens (primary N) is 1. The molecule has 0 radical (unpaired) electrons. The second kappa shape index (κ2) is 6.65. The molecule has 1 aliphatic rings. The van der Waals surface area contributed by atoms with Gasteiger partial charge in [0, 0.05) is 29.8 Å². The first-order valence-electron chi connectivity index (χ1n) is 8.63. The third-order valence-electron chi connectivity index (χ3n) is 4.72. The first-order valence-corrected chi connectivity index (χ1v) is 8.63. The molecule has 0 amide bonds. The Morgan fingerprint density at radius 1 is 1.32 bits per heavy atom. The average Bonchev–Trinajstić information content (AvgIpc) is 3.14. The molecule has 0 spiro atoms. The predicted octanol–water partition coefficient (Wildman–Crippen LogP) is 2.88. The van der Waals surface area contributed by atoms with Crippen molar-refractivity contribution in [1.82, 2.24) is 14.6 Å². The van der Waals surface area contributed by atoms with Gasteiger partial charge in [0.1, 0.15) is 5.82 Å². The summed E-state index contributed by atoms with van der Waals surface area (Å²) in [5.74, 6) is 1.66. The Balaban J connectivity index is 2.04. The Morgan fingerprint density at radius 3 is 2.86 bits per heavy atom. The molecule has 0 aromatic carbocycles. The van der Waals surface area contributed by atoms with E-state index in [2.05, 4.69) is 25.2 Å². The molecule has 3 rings (SSSR count). The summed E-state index contributed by atoms with van der Waals surface area (Å²) in [6.45, 7) is 6.06. The Kier molecular flexibility index (Phi) is 4.62. The van der Waals surface area contributed by atoms with Crippen molar-refractivity contribution in [3.8, 4) is 0 Å².